The largest absolute Gasteiger partial charge is 0.496 e. The van der Waals surface area contributed by atoms with Gasteiger partial charge in [-0.05, 0) is 38.8 Å². The van der Waals surface area contributed by atoms with Gasteiger partial charge >= 0.3 is 0 Å². The molecule has 0 radical (unpaired) electrons. The summed E-state index contributed by atoms with van der Waals surface area (Å²) in [5.41, 5.74) is 3.16. The molecule has 2 aromatic heterocycles. The first-order chi connectivity index (χ1) is 13.3. The molecule has 28 heavy (non-hydrogen) atoms. The van der Waals surface area contributed by atoms with Crippen LogP contribution in [0.2, 0.25) is 0 Å². The molecule has 0 spiro atoms. The Morgan fingerprint density at radius 2 is 1.86 bits per heavy atom. The molecule has 148 valence electrons. The normalized spacial score (nSPS) is 12.6. The van der Waals surface area contributed by atoms with Crippen LogP contribution in [0.15, 0.2) is 36.5 Å². The predicted octanol–water partition coefficient (Wildman–Crippen LogP) is 4.64. The van der Waals surface area contributed by atoms with Crippen molar-refractivity contribution in [2.75, 3.05) is 7.11 Å². The Morgan fingerprint density at radius 3 is 2.50 bits per heavy atom. The van der Waals surface area contributed by atoms with E-state index in [2.05, 4.69) is 38.1 Å². The van der Waals surface area contributed by atoms with Crippen LogP contribution in [0.5, 0.6) is 5.75 Å². The van der Waals surface area contributed by atoms with E-state index in [0.717, 1.165) is 28.0 Å². The molecule has 0 unspecified atom stereocenters. The lowest BCUT2D eigenvalue weighted by Crippen LogP contribution is -2.27. The second kappa shape index (κ2) is 8.00. The van der Waals surface area contributed by atoms with Gasteiger partial charge < -0.3 is 10.1 Å². The van der Waals surface area contributed by atoms with Crippen molar-refractivity contribution in [3.8, 4) is 5.75 Å². The third-order valence-electron chi connectivity index (χ3n) is 4.86. The highest BCUT2D eigenvalue weighted by Gasteiger charge is 2.21. The standard InChI is InChI=1S/C22H28N4O2/c1-13(2)19-11-17(18-12-23-26(14(3)4)21(18)25-19)22(27)24-15(5)16-9-7-8-10-20(16)28-6/h7-15H,1-6H3,(H,24,27)/t15-/m0/s1. The molecular weight excluding hydrogens is 352 g/mol. The molecule has 0 saturated heterocycles. The highest BCUT2D eigenvalue weighted by Crippen LogP contribution is 2.27. The lowest BCUT2D eigenvalue weighted by atomic mass is 10.0. The van der Waals surface area contributed by atoms with Gasteiger partial charge in [0.25, 0.3) is 5.91 Å². The summed E-state index contributed by atoms with van der Waals surface area (Å²) < 4.78 is 7.29. The molecule has 1 aromatic carbocycles. The third-order valence-corrected chi connectivity index (χ3v) is 4.86. The lowest BCUT2D eigenvalue weighted by molar-refractivity contribution is 0.0941. The molecule has 6 nitrogen and oxygen atoms in total. The van der Waals surface area contributed by atoms with Crippen molar-refractivity contribution in [3.05, 3.63) is 53.3 Å². The van der Waals surface area contributed by atoms with Crippen LogP contribution in [0.25, 0.3) is 11.0 Å². The molecule has 3 rings (SSSR count). The number of hydrogen-bond donors (Lipinski definition) is 1. The van der Waals surface area contributed by atoms with Gasteiger partial charge in [0.15, 0.2) is 5.65 Å². The molecule has 0 fully saturated rings. The Kier molecular flexibility index (Phi) is 5.68. The Labute approximate surface area is 165 Å². The summed E-state index contributed by atoms with van der Waals surface area (Å²) in [6, 6.07) is 9.55. The molecule has 0 aliphatic carbocycles. The van der Waals surface area contributed by atoms with E-state index in [1.807, 2.05) is 41.9 Å². The van der Waals surface area contributed by atoms with Crippen molar-refractivity contribution < 1.29 is 9.53 Å². The maximum atomic E-state index is 13.2. The molecule has 1 atom stereocenters. The maximum absolute atomic E-state index is 13.2. The summed E-state index contributed by atoms with van der Waals surface area (Å²) in [4.78, 5) is 17.9. The van der Waals surface area contributed by atoms with Gasteiger partial charge in [-0.1, -0.05) is 32.0 Å². The molecule has 0 bridgehead atoms. The van der Waals surface area contributed by atoms with Crippen LogP contribution in [0, 0.1) is 0 Å². The zero-order valence-corrected chi connectivity index (χ0v) is 17.4. The number of carbonyl (C=O) groups is 1. The molecule has 0 aliphatic rings. The van der Waals surface area contributed by atoms with Crippen LogP contribution in [-0.2, 0) is 0 Å². The first-order valence-corrected chi connectivity index (χ1v) is 9.65. The summed E-state index contributed by atoms with van der Waals surface area (Å²) in [5.74, 6) is 0.819. The van der Waals surface area contributed by atoms with Crippen LogP contribution in [0.4, 0.5) is 0 Å². The van der Waals surface area contributed by atoms with Gasteiger partial charge in [0.05, 0.1) is 30.3 Å². The van der Waals surface area contributed by atoms with Crippen LogP contribution >= 0.6 is 0 Å². The number of nitrogens with one attached hydrogen (secondary N) is 1. The molecule has 6 heteroatoms. The number of para-hydroxylation sites is 1. The lowest BCUT2D eigenvalue weighted by Gasteiger charge is -2.18. The highest BCUT2D eigenvalue weighted by atomic mass is 16.5. The minimum absolute atomic E-state index is 0.143. The Balaban J connectivity index is 2.01. The van der Waals surface area contributed by atoms with Gasteiger partial charge in [-0.2, -0.15) is 5.10 Å². The van der Waals surface area contributed by atoms with Crippen LogP contribution in [-0.4, -0.2) is 27.8 Å². The fourth-order valence-corrected chi connectivity index (χ4v) is 3.28. The summed E-state index contributed by atoms with van der Waals surface area (Å²) in [7, 11) is 1.63. The number of rotatable bonds is 6. The minimum atomic E-state index is -0.200. The van der Waals surface area contributed by atoms with Gasteiger partial charge in [-0.3, -0.25) is 4.79 Å². The van der Waals surface area contributed by atoms with Gasteiger partial charge in [0, 0.05) is 17.3 Å². The molecule has 1 amide bonds. The number of fused-ring (bicyclic) bond motifs is 1. The van der Waals surface area contributed by atoms with Gasteiger partial charge in [-0.25, -0.2) is 9.67 Å². The second-order valence-corrected chi connectivity index (χ2v) is 7.61. The van der Waals surface area contributed by atoms with Crippen LogP contribution in [0.3, 0.4) is 0 Å². The SMILES string of the molecule is COc1ccccc1[C@H](C)NC(=O)c1cc(C(C)C)nc2c1cnn2C(C)C. The number of aromatic nitrogens is 3. The summed E-state index contributed by atoms with van der Waals surface area (Å²) in [5, 5.41) is 8.32. The van der Waals surface area contributed by atoms with E-state index in [0.29, 0.717) is 5.56 Å². The van der Waals surface area contributed by atoms with Crippen molar-refractivity contribution in [3.63, 3.8) is 0 Å². The van der Waals surface area contributed by atoms with E-state index in [9.17, 15) is 4.79 Å². The van der Waals surface area contributed by atoms with Crippen LogP contribution in [0.1, 0.15) is 74.2 Å². The first kappa shape index (κ1) is 19.9. The van der Waals surface area contributed by atoms with Gasteiger partial charge in [0.1, 0.15) is 5.75 Å². The molecule has 1 N–H and O–H groups in total. The van der Waals surface area contributed by atoms with E-state index < -0.39 is 0 Å². The van der Waals surface area contributed by atoms with E-state index in [4.69, 9.17) is 9.72 Å². The molecule has 3 aromatic rings. The Hall–Kier alpha value is -2.89. The van der Waals surface area contributed by atoms with Crippen molar-refractivity contribution >= 4 is 16.9 Å². The van der Waals surface area contributed by atoms with E-state index >= 15 is 0 Å². The molecule has 2 heterocycles. The van der Waals surface area contributed by atoms with Gasteiger partial charge in [0.2, 0.25) is 0 Å². The number of amides is 1. The maximum Gasteiger partial charge on any atom is 0.252 e. The minimum Gasteiger partial charge on any atom is -0.496 e. The fourth-order valence-electron chi connectivity index (χ4n) is 3.28. The Morgan fingerprint density at radius 1 is 1.14 bits per heavy atom. The molecular formula is C22H28N4O2. The van der Waals surface area contributed by atoms with Crippen molar-refractivity contribution in [1.29, 1.82) is 0 Å². The summed E-state index contributed by atoms with van der Waals surface area (Å²) in [6.07, 6.45) is 1.73. The first-order valence-electron chi connectivity index (χ1n) is 9.65. The topological polar surface area (TPSA) is 69.0 Å². The van der Waals surface area contributed by atoms with Crippen molar-refractivity contribution in [1.82, 2.24) is 20.1 Å². The molecule has 0 aliphatic heterocycles. The third kappa shape index (κ3) is 3.72. The predicted molar refractivity (Wildman–Crippen MR) is 111 cm³/mol. The fraction of sp³-hybridized carbons (Fsp3) is 0.409. The summed E-state index contributed by atoms with van der Waals surface area (Å²) in [6.45, 7) is 10.2. The van der Waals surface area contributed by atoms with Crippen molar-refractivity contribution in [2.24, 2.45) is 0 Å². The van der Waals surface area contributed by atoms with Crippen LogP contribution < -0.4 is 10.1 Å². The summed E-state index contributed by atoms with van der Waals surface area (Å²) >= 11 is 0. The zero-order valence-electron chi connectivity index (χ0n) is 17.4. The number of methoxy groups -OCH3 is 1. The Bertz CT molecular complexity index is 991. The highest BCUT2D eigenvalue weighted by molar-refractivity contribution is 6.05. The number of carbonyl (C=O) groups excluding carboxylic acids is 1. The number of nitrogens with zero attached hydrogens (tertiary/aromatic N) is 3. The average molecular weight is 380 g/mol. The second-order valence-electron chi connectivity index (χ2n) is 7.61. The van der Waals surface area contributed by atoms with Gasteiger partial charge in [-0.15, -0.1) is 0 Å². The number of ether oxygens (including phenoxy) is 1. The quantitative estimate of drug-likeness (QED) is 0.677. The smallest absolute Gasteiger partial charge is 0.252 e. The number of pyridine rings is 1. The average Bonchev–Trinajstić information content (AvgIpc) is 3.11. The van der Waals surface area contributed by atoms with E-state index in [1.165, 1.54) is 0 Å². The monoisotopic (exact) mass is 380 g/mol. The van der Waals surface area contributed by atoms with E-state index in [1.54, 1.807) is 13.3 Å². The van der Waals surface area contributed by atoms with E-state index in [-0.39, 0.29) is 23.9 Å². The number of benzene rings is 1. The number of hydrogen-bond acceptors (Lipinski definition) is 4. The van der Waals surface area contributed by atoms with Crippen molar-refractivity contribution in [2.45, 2.75) is 52.6 Å². The zero-order chi connectivity index (χ0) is 20.4. The molecule has 0 saturated carbocycles.